The summed E-state index contributed by atoms with van der Waals surface area (Å²) in [6, 6.07) is 12.1. The second-order valence-corrected chi connectivity index (χ2v) is 5.57. The van der Waals surface area contributed by atoms with E-state index >= 15 is 0 Å². The molecule has 0 aliphatic rings. The lowest BCUT2D eigenvalue weighted by Gasteiger charge is -1.99. The van der Waals surface area contributed by atoms with Gasteiger partial charge < -0.3 is 4.74 Å². The molecule has 0 atom stereocenters. The molecule has 2 aromatic carbocycles. The van der Waals surface area contributed by atoms with Gasteiger partial charge in [-0.3, -0.25) is 5.11 Å². The summed E-state index contributed by atoms with van der Waals surface area (Å²) in [6.07, 6.45) is 0. The molecule has 18 heavy (non-hydrogen) atoms. The summed E-state index contributed by atoms with van der Waals surface area (Å²) >= 11 is 4.89. The van der Waals surface area contributed by atoms with Gasteiger partial charge in [-0.1, -0.05) is 27.3 Å². The van der Waals surface area contributed by atoms with Crippen molar-refractivity contribution in [3.63, 3.8) is 0 Å². The fraction of sp³-hybridized carbons (Fsp3) is 0. The molecular weight excluding hydrogens is 314 g/mol. The van der Waals surface area contributed by atoms with Crippen molar-refractivity contribution in [3.05, 3.63) is 46.9 Å². The number of hydrogen-bond donors (Lipinski definition) is 0. The van der Waals surface area contributed by atoms with Crippen LogP contribution in [-0.4, -0.2) is 4.98 Å². The van der Waals surface area contributed by atoms with Gasteiger partial charge in [0.15, 0.2) is 5.75 Å². The number of halogens is 1. The van der Waals surface area contributed by atoms with Crippen molar-refractivity contribution >= 4 is 37.5 Å². The number of fused-ring (bicyclic) bond motifs is 1. The van der Waals surface area contributed by atoms with Crippen LogP contribution in [0.25, 0.3) is 10.2 Å². The molecule has 0 N–H and O–H groups in total. The maximum absolute atomic E-state index is 11.0. The first-order valence-corrected chi connectivity index (χ1v) is 6.83. The number of hydrogen-bond acceptors (Lipinski definition) is 3. The highest BCUT2D eigenvalue weighted by molar-refractivity contribution is 9.10. The smallest absolute Gasteiger partial charge is 0.279 e. The van der Waals surface area contributed by atoms with Gasteiger partial charge in [0.05, 0.1) is 10.2 Å². The summed E-state index contributed by atoms with van der Waals surface area (Å²) in [7, 11) is 0. The zero-order valence-electron chi connectivity index (χ0n) is 9.09. The Morgan fingerprint density at radius 3 is 2.67 bits per heavy atom. The van der Waals surface area contributed by atoms with Crippen molar-refractivity contribution < 1.29 is 9.84 Å². The van der Waals surface area contributed by atoms with E-state index in [0.717, 1.165) is 14.7 Å². The highest BCUT2D eigenvalue weighted by atomic mass is 79.9. The maximum Gasteiger partial charge on any atom is 0.279 e. The Kier molecular flexibility index (Phi) is 2.93. The van der Waals surface area contributed by atoms with E-state index in [2.05, 4.69) is 20.9 Å². The molecule has 0 unspecified atom stereocenters. The third-order valence-electron chi connectivity index (χ3n) is 2.36. The van der Waals surface area contributed by atoms with Crippen molar-refractivity contribution in [3.8, 4) is 16.7 Å². The van der Waals surface area contributed by atoms with Gasteiger partial charge >= 0.3 is 0 Å². The maximum atomic E-state index is 11.0. The summed E-state index contributed by atoms with van der Waals surface area (Å²) in [5.74, 6) is 0.586. The molecule has 0 saturated heterocycles. The van der Waals surface area contributed by atoms with Crippen molar-refractivity contribution in [1.82, 2.24) is 4.98 Å². The fourth-order valence-corrected chi connectivity index (χ4v) is 2.92. The lowest BCUT2D eigenvalue weighted by atomic mass is 10.3. The summed E-state index contributed by atoms with van der Waals surface area (Å²) < 4.78 is 7.68. The molecule has 0 saturated carbocycles. The number of nitrogens with zero attached hydrogens (tertiary/aromatic N) is 1. The van der Waals surface area contributed by atoms with E-state index in [-0.39, 0.29) is 5.75 Å². The number of rotatable bonds is 2. The van der Waals surface area contributed by atoms with Crippen molar-refractivity contribution in [1.29, 1.82) is 0 Å². The molecule has 1 aromatic heterocycles. The molecule has 0 aliphatic heterocycles. The van der Waals surface area contributed by atoms with E-state index in [1.165, 1.54) is 23.5 Å². The first-order valence-electron chi connectivity index (χ1n) is 5.22. The second-order valence-electron chi connectivity index (χ2n) is 3.67. The van der Waals surface area contributed by atoms with Crippen LogP contribution in [0.2, 0.25) is 0 Å². The molecule has 1 heterocycles. The van der Waals surface area contributed by atoms with Crippen LogP contribution in [0.5, 0.6) is 16.7 Å². The van der Waals surface area contributed by atoms with Gasteiger partial charge in [0.1, 0.15) is 5.75 Å². The average molecular weight is 321 g/mol. The molecule has 89 valence electrons. The number of thiazole rings is 1. The molecule has 0 amide bonds. The topological polar surface area (TPSA) is 42.0 Å². The minimum Gasteiger partial charge on any atom is -0.431 e. The normalized spacial score (nSPS) is 10.7. The molecule has 5 heteroatoms. The minimum atomic E-state index is -0.0319. The first kappa shape index (κ1) is 11.5. The van der Waals surface area contributed by atoms with Crippen LogP contribution in [0.4, 0.5) is 0 Å². The van der Waals surface area contributed by atoms with Gasteiger partial charge in [-0.2, -0.15) is 0 Å². The van der Waals surface area contributed by atoms with Crippen molar-refractivity contribution in [2.24, 2.45) is 0 Å². The Morgan fingerprint density at radius 1 is 1.11 bits per heavy atom. The van der Waals surface area contributed by atoms with E-state index in [0.29, 0.717) is 10.9 Å². The van der Waals surface area contributed by atoms with Crippen LogP contribution in [0.1, 0.15) is 0 Å². The molecule has 0 aliphatic carbocycles. The van der Waals surface area contributed by atoms with Crippen molar-refractivity contribution in [2.75, 3.05) is 0 Å². The predicted molar refractivity (Wildman–Crippen MR) is 74.0 cm³/mol. The van der Waals surface area contributed by atoms with E-state index in [1.807, 2.05) is 18.2 Å². The number of aromatic nitrogens is 1. The fourth-order valence-electron chi connectivity index (χ4n) is 1.53. The van der Waals surface area contributed by atoms with Crippen LogP contribution in [0.15, 0.2) is 46.9 Å². The molecule has 3 aromatic rings. The van der Waals surface area contributed by atoms with Gasteiger partial charge in [0, 0.05) is 4.47 Å². The third kappa shape index (κ3) is 2.32. The van der Waals surface area contributed by atoms with E-state index in [9.17, 15) is 5.11 Å². The van der Waals surface area contributed by atoms with Gasteiger partial charge in [-0.05, 0) is 42.5 Å². The quantitative estimate of drug-likeness (QED) is 0.667. The molecule has 3 nitrogen and oxygen atoms in total. The van der Waals surface area contributed by atoms with Gasteiger partial charge in [0.2, 0.25) is 0 Å². The highest BCUT2D eigenvalue weighted by Crippen LogP contribution is 2.33. The third-order valence-corrected chi connectivity index (χ3v) is 3.75. The molecule has 3 rings (SSSR count). The van der Waals surface area contributed by atoms with E-state index in [4.69, 9.17) is 4.74 Å². The van der Waals surface area contributed by atoms with Gasteiger partial charge in [-0.25, -0.2) is 4.98 Å². The molecule has 0 spiro atoms. The Hall–Kier alpha value is -1.59. The van der Waals surface area contributed by atoms with Gasteiger partial charge in [0.25, 0.3) is 5.19 Å². The lowest BCUT2D eigenvalue weighted by Crippen LogP contribution is -1.81. The summed E-state index contributed by atoms with van der Waals surface area (Å²) in [5.41, 5.74) is 0.902. The van der Waals surface area contributed by atoms with Gasteiger partial charge in [-0.15, -0.1) is 0 Å². The van der Waals surface area contributed by atoms with Crippen molar-refractivity contribution in [2.45, 2.75) is 0 Å². The Balaban J connectivity index is 1.92. The van der Waals surface area contributed by atoms with Crippen LogP contribution in [0.3, 0.4) is 0 Å². The summed E-state index contributed by atoms with van der Waals surface area (Å²) in [4.78, 5) is 4.37. The second kappa shape index (κ2) is 4.59. The standard InChI is InChI=1S/C13H7BrNO2S/c14-8-1-6-11-12(7-8)18-13(15-11)17-10-4-2-9(16)3-5-10/h1-7H. The molecule has 0 bridgehead atoms. The summed E-state index contributed by atoms with van der Waals surface area (Å²) in [5, 5.41) is 11.5. The Labute approximate surface area is 116 Å². The lowest BCUT2D eigenvalue weighted by molar-refractivity contribution is 0.354. The van der Waals surface area contributed by atoms with E-state index in [1.54, 1.807) is 12.1 Å². The zero-order valence-corrected chi connectivity index (χ0v) is 11.5. The molecule has 0 fully saturated rings. The molecular formula is C13H7BrNO2S. The highest BCUT2D eigenvalue weighted by Gasteiger charge is 2.06. The predicted octanol–water partition coefficient (Wildman–Crippen LogP) is 4.99. The van der Waals surface area contributed by atoms with E-state index < -0.39 is 0 Å². The SMILES string of the molecule is [O]c1ccc(Oc2nc3ccc(Br)cc3s2)cc1. The summed E-state index contributed by atoms with van der Waals surface area (Å²) in [6.45, 7) is 0. The average Bonchev–Trinajstić information content (AvgIpc) is 2.73. The molecule has 1 radical (unpaired) electrons. The monoisotopic (exact) mass is 320 g/mol. The van der Waals surface area contributed by atoms with Crippen LogP contribution < -0.4 is 4.74 Å². The number of benzene rings is 2. The first-order chi connectivity index (χ1) is 8.70. The van der Waals surface area contributed by atoms with Crippen LogP contribution in [0, 0.1) is 0 Å². The zero-order chi connectivity index (χ0) is 12.5. The van der Waals surface area contributed by atoms with Crippen LogP contribution >= 0.6 is 27.3 Å². The minimum absolute atomic E-state index is 0.0319. The Morgan fingerprint density at radius 2 is 1.89 bits per heavy atom. The Bertz CT molecular complexity index is 694. The van der Waals surface area contributed by atoms with Crippen LogP contribution in [-0.2, 0) is 5.11 Å². The largest absolute Gasteiger partial charge is 0.431 e. The number of ether oxygens (including phenoxy) is 1.